The molecule has 0 amide bonds. The summed E-state index contributed by atoms with van der Waals surface area (Å²) in [6, 6.07) is 5.50. The lowest BCUT2D eigenvalue weighted by molar-refractivity contribution is 0.107. The molecule has 8 rings (SSSR count). The number of rotatable bonds is 6. The molecule has 2 N–H and O–H groups in total. The number of aromatic nitrogens is 2. The van der Waals surface area contributed by atoms with Gasteiger partial charge in [-0.1, -0.05) is 23.2 Å². The zero-order valence-electron chi connectivity index (χ0n) is 23.2. The highest BCUT2D eigenvalue weighted by Crippen LogP contribution is 2.51. The van der Waals surface area contributed by atoms with Gasteiger partial charge in [-0.15, -0.1) is 0 Å². The number of aromatic hydroxyl groups is 1. The summed E-state index contributed by atoms with van der Waals surface area (Å²) in [7, 11) is 0. The van der Waals surface area contributed by atoms with Crippen LogP contribution in [-0.4, -0.2) is 76.6 Å². The summed E-state index contributed by atoms with van der Waals surface area (Å²) in [5.74, 6) is 0.127. The Kier molecular flexibility index (Phi) is 6.48. The van der Waals surface area contributed by atoms with Crippen LogP contribution in [0.5, 0.6) is 11.8 Å². The van der Waals surface area contributed by atoms with Crippen molar-refractivity contribution >= 4 is 39.9 Å². The number of hydrogen-bond donors (Lipinski definition) is 2. The van der Waals surface area contributed by atoms with Crippen LogP contribution in [0.1, 0.15) is 56.4 Å². The Morgan fingerprint density at radius 2 is 1.83 bits per heavy atom. The fourth-order valence-corrected chi connectivity index (χ4v) is 8.59. The number of anilines is 1. The van der Waals surface area contributed by atoms with Gasteiger partial charge in [-0.25, -0.2) is 8.78 Å². The molecular weight excluding hydrogens is 583 g/mol. The second kappa shape index (κ2) is 10.0. The van der Waals surface area contributed by atoms with Crippen LogP contribution < -0.4 is 15.0 Å². The monoisotopic (exact) mass is 615 g/mol. The number of fused-ring (bicyclic) bond motifs is 4. The molecule has 222 valence electrons. The van der Waals surface area contributed by atoms with Crippen molar-refractivity contribution < 1.29 is 18.6 Å². The topological polar surface area (TPSA) is 73.8 Å². The van der Waals surface area contributed by atoms with Crippen molar-refractivity contribution in [2.75, 3.05) is 37.7 Å². The Morgan fingerprint density at radius 3 is 2.60 bits per heavy atom. The van der Waals surface area contributed by atoms with Gasteiger partial charge in [-0.2, -0.15) is 9.97 Å². The molecule has 1 aliphatic carbocycles. The molecule has 5 heterocycles. The molecule has 4 saturated heterocycles. The van der Waals surface area contributed by atoms with Gasteiger partial charge in [0.25, 0.3) is 0 Å². The molecule has 1 saturated carbocycles. The zero-order chi connectivity index (χ0) is 28.7. The summed E-state index contributed by atoms with van der Waals surface area (Å²) >= 11 is 13.4. The molecule has 4 atom stereocenters. The minimum Gasteiger partial charge on any atom is -0.508 e. The van der Waals surface area contributed by atoms with E-state index in [2.05, 4.69) is 20.1 Å². The van der Waals surface area contributed by atoms with Gasteiger partial charge in [-0.3, -0.25) is 4.90 Å². The van der Waals surface area contributed by atoms with Crippen LogP contribution in [0.2, 0.25) is 10.0 Å². The highest BCUT2D eigenvalue weighted by atomic mass is 35.5. The molecule has 0 spiro atoms. The van der Waals surface area contributed by atoms with E-state index < -0.39 is 12.0 Å². The molecule has 5 aliphatic rings. The lowest BCUT2D eigenvalue weighted by atomic mass is 9.94. The van der Waals surface area contributed by atoms with Gasteiger partial charge in [0.15, 0.2) is 5.82 Å². The number of nitrogens with zero attached hydrogens (tertiary/aromatic N) is 4. The van der Waals surface area contributed by atoms with Crippen LogP contribution in [0, 0.1) is 5.82 Å². The predicted octanol–water partition coefficient (Wildman–Crippen LogP) is 6.22. The smallest absolute Gasteiger partial charge is 0.319 e. The minimum atomic E-state index is -0.879. The van der Waals surface area contributed by atoms with E-state index in [9.17, 15) is 9.50 Å². The molecule has 4 aliphatic heterocycles. The van der Waals surface area contributed by atoms with Gasteiger partial charge >= 0.3 is 6.01 Å². The summed E-state index contributed by atoms with van der Waals surface area (Å²) in [5, 5.41) is 15.2. The maximum Gasteiger partial charge on any atom is 0.319 e. The quantitative estimate of drug-likeness (QED) is 0.341. The summed E-state index contributed by atoms with van der Waals surface area (Å²) in [6.45, 7) is 2.99. The molecule has 2 aromatic carbocycles. The Balaban J connectivity index is 1.26. The summed E-state index contributed by atoms with van der Waals surface area (Å²) < 4.78 is 37.5. The predicted molar refractivity (Wildman–Crippen MR) is 159 cm³/mol. The van der Waals surface area contributed by atoms with E-state index in [0.29, 0.717) is 46.8 Å². The second-order valence-electron chi connectivity index (χ2n) is 12.8. The average Bonchev–Trinajstić information content (AvgIpc) is 3.51. The number of piperazine rings is 1. The van der Waals surface area contributed by atoms with Gasteiger partial charge in [0.2, 0.25) is 0 Å². The zero-order valence-corrected chi connectivity index (χ0v) is 24.7. The van der Waals surface area contributed by atoms with Crippen molar-refractivity contribution in [3.05, 3.63) is 39.6 Å². The van der Waals surface area contributed by atoms with Gasteiger partial charge in [0.1, 0.15) is 29.9 Å². The largest absolute Gasteiger partial charge is 0.508 e. The first-order chi connectivity index (χ1) is 20.3. The molecule has 0 radical (unpaired) electrons. The van der Waals surface area contributed by atoms with E-state index in [-0.39, 0.29) is 45.9 Å². The molecule has 42 heavy (non-hydrogen) atoms. The summed E-state index contributed by atoms with van der Waals surface area (Å²) in [5.41, 5.74) is 1.16. The maximum absolute atomic E-state index is 16.8. The van der Waals surface area contributed by atoms with Crippen LogP contribution in [-0.2, 0) is 0 Å². The van der Waals surface area contributed by atoms with E-state index in [1.807, 2.05) is 0 Å². The number of alkyl halides is 1. The molecule has 7 nitrogen and oxygen atoms in total. The van der Waals surface area contributed by atoms with Crippen molar-refractivity contribution in [1.29, 1.82) is 0 Å². The van der Waals surface area contributed by atoms with Gasteiger partial charge in [0, 0.05) is 54.1 Å². The van der Waals surface area contributed by atoms with E-state index in [0.717, 1.165) is 63.7 Å². The number of phenols is 1. The summed E-state index contributed by atoms with van der Waals surface area (Å²) in [6.07, 6.45) is 5.44. The highest BCUT2D eigenvalue weighted by molar-refractivity contribution is 6.35. The molecule has 2 bridgehead atoms. The molecule has 11 heteroatoms. The average molecular weight is 617 g/mol. The fourth-order valence-electron chi connectivity index (χ4n) is 7.93. The Hall–Kier alpha value is -2.46. The van der Waals surface area contributed by atoms with Crippen LogP contribution >= 0.6 is 23.2 Å². The van der Waals surface area contributed by atoms with Crippen LogP contribution in [0.4, 0.5) is 14.6 Å². The molecule has 1 aromatic heterocycles. The van der Waals surface area contributed by atoms with Crippen molar-refractivity contribution in [3.8, 4) is 22.9 Å². The second-order valence-corrected chi connectivity index (χ2v) is 13.7. The molecule has 5 fully saturated rings. The van der Waals surface area contributed by atoms with Gasteiger partial charge in [-0.05, 0) is 80.3 Å². The SMILES string of the molecule is Oc1cc(Cl)c(C2CC2)c(-c2c(Cl)cc3c(N4CC5CCC(C4)N5)nc(OCC45CCCN4C[C@H](F)C5)nc3c2F)c1. The van der Waals surface area contributed by atoms with E-state index in [1.54, 1.807) is 6.07 Å². The third kappa shape index (κ3) is 4.50. The lowest BCUT2D eigenvalue weighted by Crippen LogP contribution is -2.51. The Bertz CT molecular complexity index is 1580. The van der Waals surface area contributed by atoms with Crippen molar-refractivity contribution in [2.45, 2.75) is 74.7 Å². The van der Waals surface area contributed by atoms with E-state index in [4.69, 9.17) is 32.9 Å². The number of phenolic OH excluding ortho intramolecular Hbond substituents is 1. The Morgan fingerprint density at radius 1 is 1.05 bits per heavy atom. The van der Waals surface area contributed by atoms with Gasteiger partial charge < -0.3 is 20.1 Å². The lowest BCUT2D eigenvalue weighted by Gasteiger charge is -2.34. The van der Waals surface area contributed by atoms with Crippen LogP contribution in [0.25, 0.3) is 22.0 Å². The molecule has 3 aromatic rings. The number of benzene rings is 2. The fraction of sp³-hybridized carbons (Fsp3) is 0.548. The number of halogens is 4. The standard InChI is InChI=1S/C31H33Cl2F2N5O2/c32-23-9-20(41)8-21(25(23)16-2-3-16)26-24(33)10-22-28(27(26)35)37-30(38-29(22)39-13-18-4-5-19(14-39)36-18)42-15-31-6-1-7-40(31)12-17(34)11-31/h8-10,16-19,36,41H,1-7,11-15H2/t17-,18?,19?,31?/m1/s1. The normalized spacial score (nSPS) is 29.0. The molecule has 3 unspecified atom stereocenters. The van der Waals surface area contributed by atoms with E-state index in [1.165, 1.54) is 12.1 Å². The first kappa shape index (κ1) is 27.1. The van der Waals surface area contributed by atoms with Crippen LogP contribution in [0.15, 0.2) is 18.2 Å². The summed E-state index contributed by atoms with van der Waals surface area (Å²) in [4.78, 5) is 13.8. The molecular formula is C31H33Cl2F2N5O2. The van der Waals surface area contributed by atoms with Crippen molar-refractivity contribution in [3.63, 3.8) is 0 Å². The third-order valence-corrected chi connectivity index (χ3v) is 10.6. The number of nitrogens with one attached hydrogen (secondary N) is 1. The highest BCUT2D eigenvalue weighted by Gasteiger charge is 2.49. The number of ether oxygens (including phenoxy) is 1. The third-order valence-electron chi connectivity index (χ3n) is 9.96. The van der Waals surface area contributed by atoms with Crippen molar-refractivity contribution in [2.24, 2.45) is 0 Å². The first-order valence-electron chi connectivity index (χ1n) is 15.0. The van der Waals surface area contributed by atoms with Gasteiger partial charge in [0.05, 0.1) is 10.6 Å². The van der Waals surface area contributed by atoms with Crippen LogP contribution in [0.3, 0.4) is 0 Å². The minimum absolute atomic E-state index is 0.0539. The van der Waals surface area contributed by atoms with Crippen molar-refractivity contribution in [1.82, 2.24) is 20.2 Å². The first-order valence-corrected chi connectivity index (χ1v) is 15.8. The number of hydrogen-bond acceptors (Lipinski definition) is 7. The Labute approximate surface area is 253 Å². The van der Waals surface area contributed by atoms with E-state index >= 15 is 4.39 Å². The maximum atomic E-state index is 16.8.